The fraction of sp³-hybridized carbons (Fsp3) is 0.565. The van der Waals surface area contributed by atoms with E-state index in [2.05, 4.69) is 15.6 Å². The van der Waals surface area contributed by atoms with E-state index in [0.717, 1.165) is 11.3 Å². The van der Waals surface area contributed by atoms with Crippen molar-refractivity contribution in [2.75, 3.05) is 13.6 Å². The van der Waals surface area contributed by atoms with Gasteiger partial charge in [-0.25, -0.2) is 4.68 Å². The van der Waals surface area contributed by atoms with Crippen LogP contribution in [0.4, 0.5) is 0 Å². The molecular formula is C23H33N5O4. The van der Waals surface area contributed by atoms with Crippen LogP contribution in [0.25, 0.3) is 11.3 Å². The topological polar surface area (TPSA) is 110 Å². The molecule has 2 N–H and O–H groups in total. The number of aromatic nitrogens is 3. The van der Waals surface area contributed by atoms with Gasteiger partial charge in [0.25, 0.3) is 0 Å². The summed E-state index contributed by atoms with van der Waals surface area (Å²) in [7, 11) is 1.53. The number of rotatable bonds is 6. The Morgan fingerprint density at radius 2 is 1.88 bits per heavy atom. The maximum absolute atomic E-state index is 13.6. The Bertz CT molecular complexity index is 948. The van der Waals surface area contributed by atoms with E-state index in [1.54, 1.807) is 10.9 Å². The summed E-state index contributed by atoms with van der Waals surface area (Å²) in [5, 5.41) is 21.2. The van der Waals surface area contributed by atoms with E-state index >= 15 is 0 Å². The van der Waals surface area contributed by atoms with Crippen LogP contribution in [0.3, 0.4) is 0 Å². The van der Waals surface area contributed by atoms with Gasteiger partial charge in [0.2, 0.25) is 11.8 Å². The number of carbonyl (C=O) groups excluding carboxylic acids is 2. The third-order valence-electron chi connectivity index (χ3n) is 5.46. The van der Waals surface area contributed by atoms with Gasteiger partial charge in [0.15, 0.2) is 0 Å². The zero-order chi connectivity index (χ0) is 23.6. The third-order valence-corrected chi connectivity index (χ3v) is 5.46. The number of likely N-dealkylation sites (N-methyl/N-ethyl adjacent to an activating group) is 1. The molecule has 1 aromatic heterocycles. The number of β-amino-alcohol motifs (C(OH)–C–C–N with tert-alkyl or cyclic N) is 1. The van der Waals surface area contributed by atoms with Gasteiger partial charge in [-0.1, -0.05) is 26.0 Å². The van der Waals surface area contributed by atoms with Crippen LogP contribution < -0.4 is 10.1 Å². The summed E-state index contributed by atoms with van der Waals surface area (Å²) in [6.45, 7) is 9.87. The number of amides is 2. The van der Waals surface area contributed by atoms with Crippen LogP contribution >= 0.6 is 0 Å². The largest absolute Gasteiger partial charge is 0.491 e. The van der Waals surface area contributed by atoms with E-state index in [-0.39, 0.29) is 30.9 Å². The first-order chi connectivity index (χ1) is 15.0. The van der Waals surface area contributed by atoms with Crippen molar-refractivity contribution in [1.29, 1.82) is 0 Å². The first-order valence-electron chi connectivity index (χ1n) is 10.9. The van der Waals surface area contributed by atoms with Crippen molar-refractivity contribution in [1.82, 2.24) is 25.2 Å². The second-order valence-corrected chi connectivity index (χ2v) is 9.55. The molecule has 32 heavy (non-hydrogen) atoms. The molecule has 0 bridgehead atoms. The van der Waals surface area contributed by atoms with E-state index in [0.29, 0.717) is 5.69 Å². The SMILES string of the molecule is CNC(=O)[C@@H]1C[C@@H](O)CN1C(=O)[C@@H](n1cc(-c2ccc(OC(C)C)cc2)nn1)C(C)(C)C. The maximum Gasteiger partial charge on any atom is 0.248 e. The maximum atomic E-state index is 13.6. The average molecular weight is 444 g/mol. The standard InChI is InChI=1S/C23H33N5O4/c1-14(2)32-17-9-7-15(8-10-17)18-13-28(26-25-18)20(23(3,4)5)22(31)27-12-16(29)11-19(27)21(30)24-6/h7-10,13-14,16,19-20,29H,11-12H2,1-6H3,(H,24,30)/t16-,19+,20-/m1/s1. The van der Waals surface area contributed by atoms with Crippen LogP contribution in [0, 0.1) is 5.41 Å². The zero-order valence-electron chi connectivity index (χ0n) is 19.6. The first kappa shape index (κ1) is 23.7. The number of carbonyl (C=O) groups is 2. The van der Waals surface area contributed by atoms with Crippen molar-refractivity contribution in [2.24, 2.45) is 5.41 Å². The monoisotopic (exact) mass is 443 g/mol. The van der Waals surface area contributed by atoms with E-state index in [4.69, 9.17) is 4.74 Å². The minimum absolute atomic E-state index is 0.0861. The van der Waals surface area contributed by atoms with E-state index in [9.17, 15) is 14.7 Å². The molecule has 9 heteroatoms. The summed E-state index contributed by atoms with van der Waals surface area (Å²) in [4.78, 5) is 27.4. The van der Waals surface area contributed by atoms with Crippen molar-refractivity contribution in [3.05, 3.63) is 30.5 Å². The molecular weight excluding hydrogens is 410 g/mol. The first-order valence-corrected chi connectivity index (χ1v) is 10.9. The van der Waals surface area contributed by atoms with Gasteiger partial charge >= 0.3 is 0 Å². The molecule has 2 aromatic rings. The molecule has 174 valence electrons. The summed E-state index contributed by atoms with van der Waals surface area (Å²) in [5.74, 6) is 0.219. The van der Waals surface area contributed by atoms with Crippen LogP contribution in [-0.2, 0) is 9.59 Å². The molecule has 1 aliphatic rings. The number of ether oxygens (including phenoxy) is 1. The molecule has 2 heterocycles. The number of nitrogens with one attached hydrogen (secondary N) is 1. The van der Waals surface area contributed by atoms with E-state index in [1.165, 1.54) is 11.9 Å². The van der Waals surface area contributed by atoms with Crippen molar-refractivity contribution in [3.8, 4) is 17.0 Å². The number of nitrogens with zero attached hydrogens (tertiary/aromatic N) is 4. The fourth-order valence-corrected chi connectivity index (χ4v) is 4.02. The third kappa shape index (κ3) is 5.09. The molecule has 0 spiro atoms. The molecule has 0 aliphatic carbocycles. The quantitative estimate of drug-likeness (QED) is 0.707. The summed E-state index contributed by atoms with van der Waals surface area (Å²) in [6, 6.07) is 6.16. The highest BCUT2D eigenvalue weighted by Gasteiger charge is 2.45. The number of likely N-dealkylation sites (tertiary alicyclic amines) is 1. The molecule has 1 fully saturated rings. The highest BCUT2D eigenvalue weighted by atomic mass is 16.5. The lowest BCUT2D eigenvalue weighted by Gasteiger charge is -2.34. The van der Waals surface area contributed by atoms with Crippen molar-refractivity contribution >= 4 is 11.8 Å². The lowest BCUT2D eigenvalue weighted by atomic mass is 9.85. The average Bonchev–Trinajstić information content (AvgIpc) is 3.33. The molecule has 2 amide bonds. The second kappa shape index (κ2) is 9.28. The molecule has 1 saturated heterocycles. The normalized spacial score (nSPS) is 19.8. The van der Waals surface area contributed by atoms with Gasteiger partial charge in [0, 0.05) is 25.6 Å². The van der Waals surface area contributed by atoms with Crippen LogP contribution in [0.5, 0.6) is 5.75 Å². The van der Waals surface area contributed by atoms with E-state index < -0.39 is 23.6 Å². The van der Waals surface area contributed by atoms with Gasteiger partial charge in [-0.05, 0) is 43.5 Å². The molecule has 1 aromatic carbocycles. The number of hydrogen-bond acceptors (Lipinski definition) is 6. The Hall–Kier alpha value is -2.94. The Balaban J connectivity index is 1.88. The molecule has 3 atom stereocenters. The Kier molecular flexibility index (Phi) is 6.88. The molecule has 0 saturated carbocycles. The molecule has 1 aliphatic heterocycles. The summed E-state index contributed by atoms with van der Waals surface area (Å²) < 4.78 is 7.24. The van der Waals surface area contributed by atoms with Gasteiger partial charge < -0.3 is 20.1 Å². The minimum Gasteiger partial charge on any atom is -0.491 e. The highest BCUT2D eigenvalue weighted by molar-refractivity contribution is 5.90. The predicted molar refractivity (Wildman–Crippen MR) is 120 cm³/mol. The Morgan fingerprint density at radius 1 is 1.22 bits per heavy atom. The lowest BCUT2D eigenvalue weighted by molar-refractivity contribution is -0.144. The smallest absolute Gasteiger partial charge is 0.248 e. The highest BCUT2D eigenvalue weighted by Crippen LogP contribution is 2.35. The van der Waals surface area contributed by atoms with Crippen LogP contribution in [0.2, 0.25) is 0 Å². The molecule has 0 unspecified atom stereocenters. The Labute approximate surface area is 188 Å². The second-order valence-electron chi connectivity index (χ2n) is 9.55. The zero-order valence-corrected chi connectivity index (χ0v) is 19.6. The van der Waals surface area contributed by atoms with Gasteiger partial charge in [-0.15, -0.1) is 5.10 Å². The minimum atomic E-state index is -0.736. The number of aliphatic hydroxyl groups excluding tert-OH is 1. The summed E-state index contributed by atoms with van der Waals surface area (Å²) in [5.41, 5.74) is 0.984. The molecule has 9 nitrogen and oxygen atoms in total. The van der Waals surface area contributed by atoms with Crippen molar-refractivity contribution < 1.29 is 19.4 Å². The van der Waals surface area contributed by atoms with Gasteiger partial charge in [-0.2, -0.15) is 0 Å². The number of aliphatic hydroxyl groups is 1. The lowest BCUT2D eigenvalue weighted by Crippen LogP contribution is -2.49. The van der Waals surface area contributed by atoms with Crippen molar-refractivity contribution in [3.63, 3.8) is 0 Å². The van der Waals surface area contributed by atoms with Gasteiger partial charge in [0.1, 0.15) is 23.5 Å². The number of benzene rings is 1. The predicted octanol–water partition coefficient (Wildman–Crippen LogP) is 2.03. The van der Waals surface area contributed by atoms with Crippen molar-refractivity contribution in [2.45, 2.75) is 65.3 Å². The van der Waals surface area contributed by atoms with Crippen LogP contribution in [0.15, 0.2) is 30.5 Å². The molecule has 0 radical (unpaired) electrons. The molecule has 3 rings (SSSR count). The fourth-order valence-electron chi connectivity index (χ4n) is 4.02. The Morgan fingerprint density at radius 3 is 2.44 bits per heavy atom. The van der Waals surface area contributed by atoms with E-state index in [1.807, 2.05) is 58.9 Å². The summed E-state index contributed by atoms with van der Waals surface area (Å²) >= 11 is 0. The number of hydrogen-bond donors (Lipinski definition) is 2. The van der Waals surface area contributed by atoms with Gasteiger partial charge in [0.05, 0.1) is 18.4 Å². The van der Waals surface area contributed by atoms with Crippen LogP contribution in [0.1, 0.15) is 47.1 Å². The van der Waals surface area contributed by atoms with Gasteiger partial charge in [-0.3, -0.25) is 9.59 Å². The van der Waals surface area contributed by atoms with Crippen LogP contribution in [-0.4, -0.2) is 68.7 Å². The summed E-state index contributed by atoms with van der Waals surface area (Å²) in [6.07, 6.45) is 1.31.